The summed E-state index contributed by atoms with van der Waals surface area (Å²) in [6.07, 6.45) is 2.03. The third kappa shape index (κ3) is 2.33. The van der Waals surface area contributed by atoms with Crippen molar-refractivity contribution >= 4 is 17.3 Å². The van der Waals surface area contributed by atoms with Crippen molar-refractivity contribution in [2.75, 3.05) is 5.32 Å². The molecule has 98 valence electrons. The number of anilines is 1. The van der Waals surface area contributed by atoms with Crippen LogP contribution in [0.4, 0.5) is 10.1 Å². The molecule has 2 aromatic rings. The summed E-state index contributed by atoms with van der Waals surface area (Å²) in [7, 11) is 0. The second-order valence-corrected chi connectivity index (χ2v) is 5.45. The molecule has 0 spiro atoms. The molecule has 0 bridgehead atoms. The molecule has 0 radical (unpaired) electrons. The minimum atomic E-state index is -0.370. The lowest BCUT2D eigenvalue weighted by Gasteiger charge is -2.17. The summed E-state index contributed by atoms with van der Waals surface area (Å²) in [6, 6.07) is 11.7. The van der Waals surface area contributed by atoms with Crippen molar-refractivity contribution in [3.05, 3.63) is 63.9 Å². The van der Waals surface area contributed by atoms with Crippen molar-refractivity contribution in [3.8, 4) is 0 Å². The van der Waals surface area contributed by atoms with Crippen LogP contribution in [-0.2, 0) is 6.42 Å². The maximum Gasteiger partial charge on any atom is 0.164 e. The lowest BCUT2D eigenvalue weighted by Crippen LogP contribution is -2.08. The summed E-state index contributed by atoms with van der Waals surface area (Å²) in [6.45, 7) is 2.08. The van der Waals surface area contributed by atoms with Gasteiger partial charge in [-0.3, -0.25) is 0 Å². The zero-order chi connectivity index (χ0) is 13.4. The number of benzene rings is 2. The molecule has 1 N–H and O–H groups in total. The van der Waals surface area contributed by atoms with Crippen molar-refractivity contribution in [2.45, 2.75) is 25.8 Å². The van der Waals surface area contributed by atoms with Gasteiger partial charge in [-0.05, 0) is 43.0 Å². The van der Waals surface area contributed by atoms with E-state index in [0.717, 1.165) is 12.8 Å². The first kappa shape index (κ1) is 12.5. The Balaban J connectivity index is 1.90. The average molecular weight is 276 g/mol. The Morgan fingerprint density at radius 2 is 2.11 bits per heavy atom. The molecular formula is C16H15ClFN. The topological polar surface area (TPSA) is 12.0 Å². The van der Waals surface area contributed by atoms with Crippen LogP contribution in [0.1, 0.15) is 29.2 Å². The summed E-state index contributed by atoms with van der Waals surface area (Å²) in [4.78, 5) is 0. The monoisotopic (exact) mass is 275 g/mol. The van der Waals surface area contributed by atoms with Gasteiger partial charge in [-0.2, -0.15) is 0 Å². The maximum atomic E-state index is 13.9. The molecule has 3 heteroatoms. The Kier molecular flexibility index (Phi) is 3.19. The standard InChI is InChI=1S/C16H15ClFN/c1-10-5-6-11-7-8-14(12(11)9-10)19-15-4-2-3-13(17)16(15)18/h2-6,9,14,19H,7-8H2,1H3. The van der Waals surface area contributed by atoms with E-state index in [0.29, 0.717) is 5.69 Å². The van der Waals surface area contributed by atoms with Crippen LogP contribution < -0.4 is 5.32 Å². The highest BCUT2D eigenvalue weighted by atomic mass is 35.5. The van der Waals surface area contributed by atoms with Crippen molar-refractivity contribution in [1.29, 1.82) is 0 Å². The largest absolute Gasteiger partial charge is 0.376 e. The van der Waals surface area contributed by atoms with E-state index in [9.17, 15) is 4.39 Å². The molecule has 1 nitrogen and oxygen atoms in total. The van der Waals surface area contributed by atoms with Crippen LogP contribution in [0.3, 0.4) is 0 Å². The summed E-state index contributed by atoms with van der Waals surface area (Å²) in [5.41, 5.74) is 4.34. The molecule has 0 aliphatic heterocycles. The van der Waals surface area contributed by atoms with Crippen LogP contribution >= 0.6 is 11.6 Å². The first-order valence-electron chi connectivity index (χ1n) is 6.45. The van der Waals surface area contributed by atoms with E-state index in [1.807, 2.05) is 0 Å². The average Bonchev–Trinajstić information content (AvgIpc) is 2.78. The highest BCUT2D eigenvalue weighted by Crippen LogP contribution is 2.35. The Morgan fingerprint density at radius 3 is 2.95 bits per heavy atom. The fourth-order valence-corrected chi connectivity index (χ4v) is 2.85. The fraction of sp³-hybridized carbons (Fsp3) is 0.250. The molecule has 1 unspecified atom stereocenters. The van der Waals surface area contributed by atoms with Crippen LogP contribution in [0.15, 0.2) is 36.4 Å². The smallest absolute Gasteiger partial charge is 0.164 e. The maximum absolute atomic E-state index is 13.9. The molecule has 1 atom stereocenters. The third-order valence-corrected chi connectivity index (χ3v) is 3.95. The number of hydrogen-bond donors (Lipinski definition) is 1. The Hall–Kier alpha value is -1.54. The number of nitrogens with one attached hydrogen (secondary N) is 1. The zero-order valence-corrected chi connectivity index (χ0v) is 11.5. The highest BCUT2D eigenvalue weighted by Gasteiger charge is 2.23. The van der Waals surface area contributed by atoms with Gasteiger partial charge in [-0.25, -0.2) is 4.39 Å². The summed E-state index contributed by atoms with van der Waals surface area (Å²) < 4.78 is 13.9. The van der Waals surface area contributed by atoms with E-state index in [1.54, 1.807) is 18.2 Å². The molecule has 0 saturated heterocycles. The summed E-state index contributed by atoms with van der Waals surface area (Å²) >= 11 is 5.81. The minimum Gasteiger partial charge on any atom is -0.376 e. The van der Waals surface area contributed by atoms with Crippen LogP contribution in [-0.4, -0.2) is 0 Å². The van der Waals surface area contributed by atoms with Crippen molar-refractivity contribution in [2.24, 2.45) is 0 Å². The normalized spacial score (nSPS) is 17.3. The highest BCUT2D eigenvalue weighted by molar-refractivity contribution is 6.31. The van der Waals surface area contributed by atoms with Gasteiger partial charge in [0.2, 0.25) is 0 Å². The molecule has 1 aliphatic rings. The lowest BCUT2D eigenvalue weighted by molar-refractivity contribution is 0.625. The van der Waals surface area contributed by atoms with Gasteiger partial charge in [0.15, 0.2) is 5.82 Å². The number of aryl methyl sites for hydroxylation is 2. The molecule has 2 aromatic carbocycles. The van der Waals surface area contributed by atoms with E-state index < -0.39 is 0 Å². The number of hydrogen-bond acceptors (Lipinski definition) is 1. The van der Waals surface area contributed by atoms with Gasteiger partial charge >= 0.3 is 0 Å². The van der Waals surface area contributed by atoms with E-state index >= 15 is 0 Å². The quantitative estimate of drug-likeness (QED) is 0.823. The zero-order valence-electron chi connectivity index (χ0n) is 10.7. The Labute approximate surface area is 117 Å². The van der Waals surface area contributed by atoms with Crippen molar-refractivity contribution in [1.82, 2.24) is 0 Å². The molecule has 0 fully saturated rings. The molecule has 0 saturated carbocycles. The second kappa shape index (κ2) is 4.86. The van der Waals surface area contributed by atoms with Crippen molar-refractivity contribution < 1.29 is 4.39 Å². The van der Waals surface area contributed by atoms with Crippen LogP contribution in [0.5, 0.6) is 0 Å². The summed E-state index contributed by atoms with van der Waals surface area (Å²) in [5, 5.41) is 3.43. The van der Waals surface area contributed by atoms with Gasteiger partial charge in [0.25, 0.3) is 0 Å². The van der Waals surface area contributed by atoms with Crippen molar-refractivity contribution in [3.63, 3.8) is 0 Å². The van der Waals surface area contributed by atoms with Gasteiger partial charge in [-0.1, -0.05) is 41.4 Å². The third-order valence-electron chi connectivity index (χ3n) is 3.66. The van der Waals surface area contributed by atoms with E-state index in [2.05, 4.69) is 30.4 Å². The van der Waals surface area contributed by atoms with Gasteiger partial charge in [-0.15, -0.1) is 0 Å². The Bertz CT molecular complexity index is 624. The first-order valence-corrected chi connectivity index (χ1v) is 6.83. The Morgan fingerprint density at radius 1 is 1.26 bits per heavy atom. The molecule has 0 amide bonds. The first-order chi connectivity index (χ1) is 9.15. The molecule has 0 heterocycles. The SMILES string of the molecule is Cc1ccc2c(c1)C(Nc1cccc(Cl)c1F)CC2. The van der Waals surface area contributed by atoms with E-state index in [-0.39, 0.29) is 16.9 Å². The minimum absolute atomic E-state index is 0.160. The molecule has 0 aromatic heterocycles. The molecule has 3 rings (SSSR count). The molecular weight excluding hydrogens is 261 g/mol. The predicted molar refractivity (Wildman–Crippen MR) is 77.3 cm³/mol. The van der Waals surface area contributed by atoms with Gasteiger partial charge in [0.05, 0.1) is 16.8 Å². The summed E-state index contributed by atoms with van der Waals surface area (Å²) in [5.74, 6) is -0.370. The second-order valence-electron chi connectivity index (χ2n) is 5.04. The number of halogens is 2. The van der Waals surface area contributed by atoms with Crippen LogP contribution in [0, 0.1) is 12.7 Å². The van der Waals surface area contributed by atoms with E-state index in [4.69, 9.17) is 11.6 Å². The van der Waals surface area contributed by atoms with Gasteiger partial charge in [0.1, 0.15) is 0 Å². The van der Waals surface area contributed by atoms with Gasteiger partial charge < -0.3 is 5.32 Å². The van der Waals surface area contributed by atoms with Crippen LogP contribution in [0.2, 0.25) is 5.02 Å². The van der Waals surface area contributed by atoms with E-state index in [1.165, 1.54) is 16.7 Å². The van der Waals surface area contributed by atoms with Crippen LogP contribution in [0.25, 0.3) is 0 Å². The number of rotatable bonds is 2. The lowest BCUT2D eigenvalue weighted by atomic mass is 10.0. The molecule has 19 heavy (non-hydrogen) atoms. The fourth-order valence-electron chi connectivity index (χ4n) is 2.67. The number of fused-ring (bicyclic) bond motifs is 1. The molecule has 1 aliphatic carbocycles. The predicted octanol–water partition coefficient (Wildman–Crippen LogP) is 4.89. The van der Waals surface area contributed by atoms with Gasteiger partial charge in [0, 0.05) is 0 Å².